The zero-order chi connectivity index (χ0) is 24.4. The molecule has 2 heterocycles. The fourth-order valence-corrected chi connectivity index (χ4v) is 6.01. The summed E-state index contributed by atoms with van der Waals surface area (Å²) >= 11 is 0. The van der Waals surface area contributed by atoms with Gasteiger partial charge < -0.3 is 14.9 Å². The van der Waals surface area contributed by atoms with E-state index >= 15 is 0 Å². The molecule has 0 spiro atoms. The average molecular weight is 507 g/mol. The Morgan fingerprint density at radius 1 is 1.00 bits per heavy atom. The summed E-state index contributed by atoms with van der Waals surface area (Å²) in [6, 6.07) is 19.1. The molecule has 5 heteroatoms. The highest BCUT2D eigenvalue weighted by atomic mass is 35.5. The van der Waals surface area contributed by atoms with Gasteiger partial charge in [-0.1, -0.05) is 55.0 Å². The van der Waals surface area contributed by atoms with Crippen LogP contribution in [0, 0.1) is 19.8 Å². The molecule has 192 valence electrons. The van der Waals surface area contributed by atoms with Crippen molar-refractivity contribution in [1.29, 1.82) is 0 Å². The minimum absolute atomic E-state index is 0. The molecule has 1 N–H and O–H groups in total. The van der Waals surface area contributed by atoms with Gasteiger partial charge in [-0.05, 0) is 84.7 Å². The number of aliphatic hydroxyl groups is 1. The van der Waals surface area contributed by atoms with Crippen LogP contribution in [0.15, 0.2) is 54.6 Å². The molecule has 0 radical (unpaired) electrons. The van der Waals surface area contributed by atoms with Gasteiger partial charge in [0, 0.05) is 38.2 Å². The van der Waals surface area contributed by atoms with Crippen molar-refractivity contribution in [2.45, 2.75) is 52.1 Å². The first-order valence-electron chi connectivity index (χ1n) is 13.2. The van der Waals surface area contributed by atoms with Gasteiger partial charge in [0.05, 0.1) is 6.10 Å². The fraction of sp³-hybridized carbons (Fsp3) is 0.452. The number of aliphatic hydroxyl groups excluding tert-OH is 1. The first kappa shape index (κ1) is 26.7. The van der Waals surface area contributed by atoms with Gasteiger partial charge >= 0.3 is 0 Å². The number of hydrogen-bond donors (Lipinski definition) is 1. The Labute approximate surface area is 221 Å². The van der Waals surface area contributed by atoms with Crippen molar-refractivity contribution < 1.29 is 9.90 Å². The van der Waals surface area contributed by atoms with Gasteiger partial charge in [0.25, 0.3) is 5.91 Å². The van der Waals surface area contributed by atoms with Crippen molar-refractivity contribution in [1.82, 2.24) is 9.80 Å². The van der Waals surface area contributed by atoms with E-state index in [0.717, 1.165) is 51.0 Å². The van der Waals surface area contributed by atoms with Crippen LogP contribution in [0.5, 0.6) is 0 Å². The first-order valence-corrected chi connectivity index (χ1v) is 13.2. The topological polar surface area (TPSA) is 43.8 Å². The minimum atomic E-state index is -0.394. The lowest BCUT2D eigenvalue weighted by molar-refractivity contribution is 0.0673. The van der Waals surface area contributed by atoms with E-state index in [9.17, 15) is 9.90 Å². The maximum absolute atomic E-state index is 13.3. The molecule has 2 atom stereocenters. The van der Waals surface area contributed by atoms with Crippen LogP contribution in [0.1, 0.15) is 51.9 Å². The number of amides is 1. The van der Waals surface area contributed by atoms with Crippen LogP contribution < -0.4 is 0 Å². The van der Waals surface area contributed by atoms with E-state index in [1.54, 1.807) is 0 Å². The van der Waals surface area contributed by atoms with Crippen LogP contribution in [0.4, 0.5) is 0 Å². The van der Waals surface area contributed by atoms with Crippen molar-refractivity contribution in [2.75, 3.05) is 32.7 Å². The zero-order valence-electron chi connectivity index (χ0n) is 21.6. The maximum atomic E-state index is 13.3. The number of rotatable bonds is 6. The Balaban J connectivity index is 0.00000304. The number of likely N-dealkylation sites (tertiary alicyclic amines) is 1. The van der Waals surface area contributed by atoms with E-state index in [1.165, 1.54) is 39.4 Å². The summed E-state index contributed by atoms with van der Waals surface area (Å²) < 4.78 is 0. The zero-order valence-corrected chi connectivity index (χ0v) is 22.4. The molecule has 2 aliphatic rings. The molecule has 3 aromatic rings. The second kappa shape index (κ2) is 11.8. The molecule has 4 nitrogen and oxygen atoms in total. The molecule has 1 saturated heterocycles. The average Bonchev–Trinajstić information content (AvgIpc) is 3.07. The molecule has 3 aromatic carbocycles. The molecule has 5 rings (SSSR count). The number of hydrogen-bond acceptors (Lipinski definition) is 3. The van der Waals surface area contributed by atoms with Crippen molar-refractivity contribution in [2.24, 2.45) is 5.92 Å². The highest BCUT2D eigenvalue weighted by molar-refractivity contribution is 5.97. The van der Waals surface area contributed by atoms with E-state index in [-0.39, 0.29) is 18.3 Å². The van der Waals surface area contributed by atoms with Crippen LogP contribution in [-0.4, -0.2) is 59.6 Å². The normalized spacial score (nSPS) is 19.5. The number of carbonyl (C=O) groups is 1. The summed E-state index contributed by atoms with van der Waals surface area (Å²) in [4.78, 5) is 17.8. The fourth-order valence-electron chi connectivity index (χ4n) is 6.01. The van der Waals surface area contributed by atoms with Crippen LogP contribution >= 0.6 is 12.4 Å². The highest BCUT2D eigenvalue weighted by Crippen LogP contribution is 2.26. The smallest absolute Gasteiger partial charge is 0.254 e. The quantitative estimate of drug-likeness (QED) is 0.474. The lowest BCUT2D eigenvalue weighted by Gasteiger charge is -2.34. The van der Waals surface area contributed by atoms with Crippen LogP contribution in [0.2, 0.25) is 0 Å². The van der Waals surface area contributed by atoms with Crippen molar-refractivity contribution >= 4 is 29.1 Å². The third kappa shape index (κ3) is 5.94. The van der Waals surface area contributed by atoms with Gasteiger partial charge in [-0.3, -0.25) is 4.79 Å². The number of nitrogens with zero attached hydrogens (tertiary/aromatic N) is 2. The molecular weight excluding hydrogens is 468 g/mol. The molecule has 0 aromatic heterocycles. The van der Waals surface area contributed by atoms with Gasteiger partial charge in [-0.15, -0.1) is 12.4 Å². The number of fused-ring (bicyclic) bond motifs is 2. The van der Waals surface area contributed by atoms with E-state index in [2.05, 4.69) is 78.2 Å². The first-order chi connectivity index (χ1) is 17.0. The molecule has 0 bridgehead atoms. The van der Waals surface area contributed by atoms with E-state index in [1.807, 2.05) is 0 Å². The second-order valence-corrected chi connectivity index (χ2v) is 10.7. The SMILES string of the molecule is Cc1cc2c(cc1C)C(=O)N(CC1CCCCN(CC(O)Cc3cccc4ccccc34)C1)CC2.Cl. The summed E-state index contributed by atoms with van der Waals surface area (Å²) in [6.07, 6.45) is 4.73. The molecule has 0 aliphatic carbocycles. The Kier molecular flexibility index (Phi) is 8.71. The molecule has 2 unspecified atom stereocenters. The molecule has 36 heavy (non-hydrogen) atoms. The Morgan fingerprint density at radius 3 is 2.64 bits per heavy atom. The van der Waals surface area contributed by atoms with Gasteiger partial charge in [-0.2, -0.15) is 0 Å². The summed E-state index contributed by atoms with van der Waals surface area (Å²) in [5, 5.41) is 13.5. The van der Waals surface area contributed by atoms with Crippen molar-refractivity contribution in [3.8, 4) is 0 Å². The molecule has 2 aliphatic heterocycles. The number of β-amino-alcohol motifs (C(OH)–C–C–N with tert-alkyl or cyclic N) is 1. The number of halogens is 1. The van der Waals surface area contributed by atoms with Crippen LogP contribution in [-0.2, 0) is 12.8 Å². The predicted octanol–water partition coefficient (Wildman–Crippen LogP) is 5.58. The van der Waals surface area contributed by atoms with Crippen molar-refractivity contribution in [3.05, 3.63) is 82.4 Å². The maximum Gasteiger partial charge on any atom is 0.254 e. The predicted molar refractivity (Wildman–Crippen MR) is 150 cm³/mol. The number of aryl methyl sites for hydroxylation is 2. The van der Waals surface area contributed by atoms with E-state index < -0.39 is 6.10 Å². The molecule has 1 amide bonds. The Morgan fingerprint density at radius 2 is 1.78 bits per heavy atom. The van der Waals surface area contributed by atoms with Gasteiger partial charge in [-0.25, -0.2) is 0 Å². The Bertz CT molecular complexity index is 1210. The summed E-state index contributed by atoms with van der Waals surface area (Å²) in [5.74, 6) is 0.653. The summed E-state index contributed by atoms with van der Waals surface area (Å²) in [7, 11) is 0. The molecular formula is C31H39ClN2O2. The minimum Gasteiger partial charge on any atom is -0.391 e. The van der Waals surface area contributed by atoms with Gasteiger partial charge in [0.1, 0.15) is 0 Å². The van der Waals surface area contributed by atoms with E-state index in [0.29, 0.717) is 18.9 Å². The summed E-state index contributed by atoms with van der Waals surface area (Å²) in [6.45, 7) is 8.52. The monoisotopic (exact) mass is 506 g/mol. The Hall–Kier alpha value is -2.40. The van der Waals surface area contributed by atoms with E-state index in [4.69, 9.17) is 0 Å². The summed E-state index contributed by atoms with van der Waals surface area (Å²) in [5.41, 5.74) is 5.78. The van der Waals surface area contributed by atoms with Crippen molar-refractivity contribution in [3.63, 3.8) is 0 Å². The van der Waals surface area contributed by atoms with Gasteiger partial charge in [0.15, 0.2) is 0 Å². The van der Waals surface area contributed by atoms with Crippen LogP contribution in [0.25, 0.3) is 10.8 Å². The number of carbonyl (C=O) groups excluding carboxylic acids is 1. The lowest BCUT2D eigenvalue weighted by atomic mass is 9.93. The second-order valence-electron chi connectivity index (χ2n) is 10.7. The van der Waals surface area contributed by atoms with Gasteiger partial charge in [0.2, 0.25) is 0 Å². The highest BCUT2D eigenvalue weighted by Gasteiger charge is 2.29. The van der Waals surface area contributed by atoms with Crippen LogP contribution in [0.3, 0.4) is 0 Å². The third-order valence-electron chi connectivity index (χ3n) is 8.02. The lowest BCUT2D eigenvalue weighted by Crippen LogP contribution is -2.44. The standard InChI is InChI=1S/C31H38N2O2.ClH/c1-22-16-27-13-15-33(31(35)30(27)17-23(22)2)20-24-8-5-6-14-32(19-24)21-28(34)18-26-11-7-10-25-9-3-4-12-29(25)26;/h3-4,7,9-12,16-17,24,28,34H,5-6,8,13-15,18-21H2,1-2H3;1H. The molecule has 0 saturated carbocycles. The third-order valence-corrected chi connectivity index (χ3v) is 8.02. The largest absolute Gasteiger partial charge is 0.391 e. The number of benzene rings is 3. The molecule has 1 fully saturated rings.